The minimum absolute atomic E-state index is 0.117. The van der Waals surface area contributed by atoms with Gasteiger partial charge >= 0.3 is 6.36 Å². The van der Waals surface area contributed by atoms with Gasteiger partial charge in [0.2, 0.25) is 5.91 Å². The van der Waals surface area contributed by atoms with Gasteiger partial charge in [0.15, 0.2) is 5.16 Å². The third-order valence-corrected chi connectivity index (χ3v) is 7.53. The zero-order valence-electron chi connectivity index (χ0n) is 20.8. The van der Waals surface area contributed by atoms with Crippen LogP contribution in [-0.2, 0) is 11.3 Å². The van der Waals surface area contributed by atoms with Crippen LogP contribution in [0.25, 0.3) is 0 Å². The van der Waals surface area contributed by atoms with Crippen LogP contribution in [0.1, 0.15) is 29.8 Å². The van der Waals surface area contributed by atoms with Gasteiger partial charge in [-0.3, -0.25) is 9.69 Å². The molecule has 2 aliphatic rings. The van der Waals surface area contributed by atoms with E-state index in [9.17, 15) is 18.0 Å². The van der Waals surface area contributed by atoms with Crippen LogP contribution < -0.4 is 4.74 Å². The van der Waals surface area contributed by atoms with Gasteiger partial charge in [-0.05, 0) is 64.0 Å². The Morgan fingerprint density at radius 3 is 2.44 bits per heavy atom. The van der Waals surface area contributed by atoms with Gasteiger partial charge in [0.05, 0.1) is 6.04 Å². The molecule has 0 saturated carbocycles. The van der Waals surface area contributed by atoms with Crippen molar-refractivity contribution in [2.24, 2.45) is 0 Å². The number of benzene rings is 1. The molecule has 2 aromatic rings. The highest BCUT2D eigenvalue weighted by atomic mass is 32.2. The van der Waals surface area contributed by atoms with E-state index in [1.807, 2.05) is 24.8 Å². The SMILES string of the molecule is Cc1cc(C)nc(S[C@@H]2C[C@@H](C(=O)N3CCCN(C)CC3)N(Cc3ccc(OC(F)(F)F)cc3)C2)n1. The van der Waals surface area contributed by atoms with Crippen molar-refractivity contribution in [3.8, 4) is 5.75 Å². The number of rotatable bonds is 6. The number of carbonyl (C=O) groups excluding carboxylic acids is 1. The van der Waals surface area contributed by atoms with E-state index in [0.29, 0.717) is 31.2 Å². The number of likely N-dealkylation sites (tertiary alicyclic amines) is 1. The third kappa shape index (κ3) is 7.33. The van der Waals surface area contributed by atoms with Crippen molar-refractivity contribution in [3.63, 3.8) is 0 Å². The van der Waals surface area contributed by atoms with Crippen molar-refractivity contribution in [2.75, 3.05) is 39.8 Å². The number of likely N-dealkylation sites (N-methyl/N-ethyl adjacent to an activating group) is 1. The predicted octanol–water partition coefficient (Wildman–Crippen LogP) is 3.89. The van der Waals surface area contributed by atoms with E-state index in [-0.39, 0.29) is 22.9 Å². The number of aromatic nitrogens is 2. The van der Waals surface area contributed by atoms with Crippen LogP contribution >= 0.6 is 11.8 Å². The summed E-state index contributed by atoms with van der Waals surface area (Å²) in [6.45, 7) is 8.23. The van der Waals surface area contributed by atoms with Crippen LogP contribution in [0.3, 0.4) is 0 Å². The molecule has 196 valence electrons. The molecular formula is C25H32F3N5O2S. The van der Waals surface area contributed by atoms with Crippen LogP contribution in [0.5, 0.6) is 5.75 Å². The van der Waals surface area contributed by atoms with E-state index in [4.69, 9.17) is 0 Å². The zero-order chi connectivity index (χ0) is 25.9. The van der Waals surface area contributed by atoms with E-state index in [2.05, 4.69) is 31.6 Å². The lowest BCUT2D eigenvalue weighted by Crippen LogP contribution is -2.46. The smallest absolute Gasteiger partial charge is 0.406 e. The number of thioether (sulfide) groups is 1. The molecule has 1 aromatic carbocycles. The number of hydrogen-bond acceptors (Lipinski definition) is 7. The number of amides is 1. The van der Waals surface area contributed by atoms with Gasteiger partial charge in [0.1, 0.15) is 5.75 Å². The Kier molecular flexibility index (Phi) is 8.41. The molecular weight excluding hydrogens is 491 g/mol. The summed E-state index contributed by atoms with van der Waals surface area (Å²) in [6, 6.07) is 7.50. The fourth-order valence-electron chi connectivity index (χ4n) is 4.78. The second kappa shape index (κ2) is 11.4. The zero-order valence-corrected chi connectivity index (χ0v) is 21.6. The highest BCUT2D eigenvalue weighted by Gasteiger charge is 2.40. The molecule has 0 N–H and O–H groups in total. The molecule has 2 aliphatic heterocycles. The fraction of sp³-hybridized carbons (Fsp3) is 0.560. The topological polar surface area (TPSA) is 61.8 Å². The summed E-state index contributed by atoms with van der Waals surface area (Å²) in [6.07, 6.45) is -3.12. The van der Waals surface area contributed by atoms with E-state index >= 15 is 0 Å². The Morgan fingerprint density at radius 1 is 1.08 bits per heavy atom. The summed E-state index contributed by atoms with van der Waals surface area (Å²) in [5.74, 6) is -0.138. The van der Waals surface area contributed by atoms with Crippen LogP contribution in [0, 0.1) is 13.8 Å². The van der Waals surface area contributed by atoms with E-state index in [1.54, 1.807) is 23.9 Å². The highest BCUT2D eigenvalue weighted by Crippen LogP contribution is 2.34. The maximum atomic E-state index is 13.7. The maximum Gasteiger partial charge on any atom is 0.573 e. The van der Waals surface area contributed by atoms with E-state index in [1.165, 1.54) is 12.1 Å². The fourth-order valence-corrected chi connectivity index (χ4v) is 6.02. The average molecular weight is 524 g/mol. The summed E-state index contributed by atoms with van der Waals surface area (Å²) in [7, 11) is 2.07. The molecule has 2 saturated heterocycles. The number of aryl methyl sites for hydroxylation is 2. The minimum Gasteiger partial charge on any atom is -0.406 e. The standard InChI is InChI=1S/C25H32F3N5O2S/c1-17-13-18(2)30-24(29-17)36-21-14-22(23(34)32-10-4-9-31(3)11-12-32)33(16-21)15-19-5-7-20(8-6-19)35-25(26,27)28/h5-8,13,21-22H,4,9-12,14-16H2,1-3H3/t21-,22+/m1/s1. The summed E-state index contributed by atoms with van der Waals surface area (Å²) in [5.41, 5.74) is 2.64. The second-order valence-electron chi connectivity index (χ2n) is 9.53. The summed E-state index contributed by atoms with van der Waals surface area (Å²) in [4.78, 5) is 29.1. The number of ether oxygens (including phenoxy) is 1. The minimum atomic E-state index is -4.73. The van der Waals surface area contributed by atoms with Crippen molar-refractivity contribution >= 4 is 17.7 Å². The molecule has 36 heavy (non-hydrogen) atoms. The molecule has 4 rings (SSSR count). The molecule has 0 radical (unpaired) electrons. The Hall–Kier alpha value is -2.37. The first-order valence-electron chi connectivity index (χ1n) is 12.1. The Balaban J connectivity index is 1.50. The molecule has 0 spiro atoms. The van der Waals surface area contributed by atoms with Crippen LogP contribution in [0.15, 0.2) is 35.5 Å². The van der Waals surface area contributed by atoms with Crippen molar-refractivity contribution in [1.29, 1.82) is 0 Å². The summed E-state index contributed by atoms with van der Waals surface area (Å²) < 4.78 is 41.6. The van der Waals surface area contributed by atoms with Gasteiger partial charge in [-0.25, -0.2) is 9.97 Å². The van der Waals surface area contributed by atoms with Gasteiger partial charge in [0.25, 0.3) is 0 Å². The normalized spacial score (nSPS) is 22.0. The highest BCUT2D eigenvalue weighted by molar-refractivity contribution is 7.99. The number of hydrogen-bond donors (Lipinski definition) is 0. The molecule has 2 fully saturated rings. The Morgan fingerprint density at radius 2 is 1.78 bits per heavy atom. The molecule has 0 bridgehead atoms. The molecule has 0 aliphatic carbocycles. The first-order chi connectivity index (χ1) is 17.1. The summed E-state index contributed by atoms with van der Waals surface area (Å²) in [5, 5.41) is 0.832. The number of carbonyl (C=O) groups is 1. The number of halogens is 3. The van der Waals surface area contributed by atoms with Gasteiger partial charge < -0.3 is 14.5 Å². The van der Waals surface area contributed by atoms with E-state index in [0.717, 1.165) is 43.0 Å². The average Bonchev–Trinajstić information content (AvgIpc) is 3.03. The number of nitrogens with zero attached hydrogens (tertiary/aromatic N) is 5. The molecule has 2 atom stereocenters. The Labute approximate surface area is 214 Å². The molecule has 11 heteroatoms. The van der Waals surface area contributed by atoms with Crippen molar-refractivity contribution in [2.45, 2.75) is 56.0 Å². The van der Waals surface area contributed by atoms with Gasteiger partial charge in [0, 0.05) is 49.4 Å². The van der Waals surface area contributed by atoms with Crippen LogP contribution in [-0.4, -0.2) is 88.0 Å². The second-order valence-corrected chi connectivity index (χ2v) is 10.8. The van der Waals surface area contributed by atoms with Gasteiger partial charge in [-0.2, -0.15) is 0 Å². The Bertz CT molecular complexity index is 1030. The van der Waals surface area contributed by atoms with Crippen molar-refractivity contribution < 1.29 is 22.7 Å². The maximum absolute atomic E-state index is 13.7. The monoisotopic (exact) mass is 523 g/mol. The molecule has 0 unspecified atom stereocenters. The molecule has 3 heterocycles. The molecule has 1 aromatic heterocycles. The van der Waals surface area contributed by atoms with Crippen LogP contribution in [0.2, 0.25) is 0 Å². The van der Waals surface area contributed by atoms with Crippen molar-refractivity contribution in [3.05, 3.63) is 47.3 Å². The quantitative estimate of drug-likeness (QED) is 0.533. The van der Waals surface area contributed by atoms with Gasteiger partial charge in [-0.15, -0.1) is 13.2 Å². The van der Waals surface area contributed by atoms with Crippen LogP contribution in [0.4, 0.5) is 13.2 Å². The van der Waals surface area contributed by atoms with E-state index < -0.39 is 6.36 Å². The molecule has 7 nitrogen and oxygen atoms in total. The van der Waals surface area contributed by atoms with Gasteiger partial charge in [-0.1, -0.05) is 23.9 Å². The predicted molar refractivity (Wildman–Crippen MR) is 132 cm³/mol. The first kappa shape index (κ1) is 26.7. The first-order valence-corrected chi connectivity index (χ1v) is 13.0. The number of alkyl halides is 3. The lowest BCUT2D eigenvalue weighted by molar-refractivity contribution is -0.274. The largest absolute Gasteiger partial charge is 0.573 e. The lowest BCUT2D eigenvalue weighted by Gasteiger charge is -2.29. The van der Waals surface area contributed by atoms with Crippen molar-refractivity contribution in [1.82, 2.24) is 24.7 Å². The molecule has 1 amide bonds. The summed E-state index contributed by atoms with van der Waals surface area (Å²) >= 11 is 1.59. The lowest BCUT2D eigenvalue weighted by atomic mass is 10.1. The third-order valence-electron chi connectivity index (χ3n) is 6.46.